The normalized spacial score (nSPS) is 31.1. The van der Waals surface area contributed by atoms with Crippen LogP contribution in [0.1, 0.15) is 43.9 Å². The van der Waals surface area contributed by atoms with Crippen LogP contribution in [0.3, 0.4) is 0 Å². The Hall–Kier alpha value is -1.28. The molecule has 2 N–H and O–H groups in total. The van der Waals surface area contributed by atoms with Gasteiger partial charge in [-0.3, -0.25) is 0 Å². The molecule has 0 saturated heterocycles. The Balaban J connectivity index is 1.52. The van der Waals surface area contributed by atoms with E-state index >= 15 is 0 Å². The van der Waals surface area contributed by atoms with Crippen molar-refractivity contribution in [1.82, 2.24) is 0 Å². The van der Waals surface area contributed by atoms with E-state index in [2.05, 4.69) is 12.1 Å². The van der Waals surface area contributed by atoms with Crippen LogP contribution >= 0.6 is 0 Å². The first-order valence-electron chi connectivity index (χ1n) is 7.53. The molecule has 2 fully saturated rings. The molecule has 2 bridgehead atoms. The number of nitrogens with two attached hydrogens (primary N) is 1. The maximum Gasteiger partial charge on any atom is 0.134 e. The van der Waals surface area contributed by atoms with Gasteiger partial charge in [0.1, 0.15) is 11.3 Å². The summed E-state index contributed by atoms with van der Waals surface area (Å²) >= 11 is 0. The molecule has 2 aliphatic carbocycles. The molecule has 2 heteroatoms. The van der Waals surface area contributed by atoms with Crippen LogP contribution in [0.5, 0.6) is 0 Å². The lowest BCUT2D eigenvalue weighted by Crippen LogP contribution is -2.19. The van der Waals surface area contributed by atoms with Crippen molar-refractivity contribution in [1.29, 1.82) is 0 Å². The maximum absolute atomic E-state index is 6.38. The second kappa shape index (κ2) is 4.38. The lowest BCUT2D eigenvalue weighted by Gasteiger charge is -2.23. The van der Waals surface area contributed by atoms with Crippen LogP contribution in [0, 0.1) is 17.8 Å². The highest BCUT2D eigenvalue weighted by Crippen LogP contribution is 2.50. The predicted octanol–water partition coefficient (Wildman–Crippen LogP) is 4.26. The summed E-state index contributed by atoms with van der Waals surface area (Å²) in [5, 5.41) is 1.17. The van der Waals surface area contributed by atoms with Crippen molar-refractivity contribution in [3.8, 4) is 0 Å². The van der Waals surface area contributed by atoms with Gasteiger partial charge in [-0.25, -0.2) is 0 Å². The number of rotatable bonds is 3. The fourth-order valence-electron chi connectivity index (χ4n) is 4.29. The lowest BCUT2D eigenvalue weighted by atomic mass is 9.84. The molecular formula is C17H21NO. The lowest BCUT2D eigenvalue weighted by molar-refractivity contribution is 0.285. The van der Waals surface area contributed by atoms with Gasteiger partial charge in [0.15, 0.2) is 0 Å². The van der Waals surface area contributed by atoms with Crippen molar-refractivity contribution in [3.05, 3.63) is 36.1 Å². The molecule has 0 spiro atoms. The number of para-hydroxylation sites is 1. The van der Waals surface area contributed by atoms with Gasteiger partial charge in [0.2, 0.25) is 0 Å². The largest absolute Gasteiger partial charge is 0.459 e. The molecule has 2 nitrogen and oxygen atoms in total. The van der Waals surface area contributed by atoms with Crippen molar-refractivity contribution < 1.29 is 4.42 Å². The van der Waals surface area contributed by atoms with E-state index in [0.717, 1.165) is 35.5 Å². The zero-order chi connectivity index (χ0) is 12.8. The van der Waals surface area contributed by atoms with Gasteiger partial charge in [0, 0.05) is 5.39 Å². The van der Waals surface area contributed by atoms with E-state index in [9.17, 15) is 0 Å². The molecule has 2 aliphatic rings. The van der Waals surface area contributed by atoms with Gasteiger partial charge < -0.3 is 10.2 Å². The van der Waals surface area contributed by atoms with E-state index in [0.29, 0.717) is 0 Å². The topological polar surface area (TPSA) is 39.2 Å². The van der Waals surface area contributed by atoms with Crippen LogP contribution in [-0.4, -0.2) is 0 Å². The predicted molar refractivity (Wildman–Crippen MR) is 76.7 cm³/mol. The molecule has 2 saturated carbocycles. The van der Waals surface area contributed by atoms with Gasteiger partial charge in [-0.1, -0.05) is 24.6 Å². The van der Waals surface area contributed by atoms with Gasteiger partial charge >= 0.3 is 0 Å². The molecular weight excluding hydrogens is 234 g/mol. The van der Waals surface area contributed by atoms with Gasteiger partial charge in [-0.05, 0) is 55.6 Å². The third-order valence-electron chi connectivity index (χ3n) is 5.25. The van der Waals surface area contributed by atoms with Crippen LogP contribution in [0.15, 0.2) is 34.7 Å². The second-order valence-corrected chi connectivity index (χ2v) is 6.46. The van der Waals surface area contributed by atoms with Crippen molar-refractivity contribution in [2.75, 3.05) is 0 Å². The van der Waals surface area contributed by atoms with Gasteiger partial charge in [-0.2, -0.15) is 0 Å². The Morgan fingerprint density at radius 1 is 1.21 bits per heavy atom. The summed E-state index contributed by atoms with van der Waals surface area (Å²) in [6, 6.07) is 10.3. The van der Waals surface area contributed by atoms with Crippen LogP contribution in [0.4, 0.5) is 0 Å². The summed E-state index contributed by atoms with van der Waals surface area (Å²) in [4.78, 5) is 0. The molecule has 4 unspecified atom stereocenters. The summed E-state index contributed by atoms with van der Waals surface area (Å²) in [5.74, 6) is 3.74. The molecule has 4 rings (SSSR count). The standard InChI is InChI=1S/C17H21NO/c18-15(9-14-8-11-5-6-12(14)7-11)17-10-13-3-1-2-4-16(13)19-17/h1-4,10-12,14-15H,5-9,18H2. The smallest absolute Gasteiger partial charge is 0.134 e. The fraction of sp³-hybridized carbons (Fsp3) is 0.529. The average Bonchev–Trinajstić information content (AvgIpc) is 3.12. The van der Waals surface area contributed by atoms with Crippen LogP contribution in [0.2, 0.25) is 0 Å². The summed E-state index contributed by atoms with van der Waals surface area (Å²) in [6.45, 7) is 0. The first kappa shape index (κ1) is 11.5. The molecule has 1 heterocycles. The minimum absolute atomic E-state index is 0.0664. The zero-order valence-corrected chi connectivity index (χ0v) is 11.2. The number of hydrogen-bond donors (Lipinski definition) is 1. The van der Waals surface area contributed by atoms with Crippen molar-refractivity contribution in [2.45, 2.75) is 38.1 Å². The fourth-order valence-corrected chi connectivity index (χ4v) is 4.29. The molecule has 2 aromatic rings. The van der Waals surface area contributed by atoms with E-state index in [-0.39, 0.29) is 6.04 Å². The quantitative estimate of drug-likeness (QED) is 0.890. The Morgan fingerprint density at radius 3 is 2.84 bits per heavy atom. The molecule has 0 aliphatic heterocycles. The number of fused-ring (bicyclic) bond motifs is 3. The molecule has 1 aromatic heterocycles. The van der Waals surface area contributed by atoms with Gasteiger partial charge in [0.25, 0.3) is 0 Å². The zero-order valence-electron chi connectivity index (χ0n) is 11.2. The Bertz CT molecular complexity index is 555. The monoisotopic (exact) mass is 255 g/mol. The Morgan fingerprint density at radius 2 is 2.11 bits per heavy atom. The first-order chi connectivity index (χ1) is 9.29. The van der Waals surface area contributed by atoms with Crippen molar-refractivity contribution >= 4 is 11.0 Å². The van der Waals surface area contributed by atoms with Crippen molar-refractivity contribution in [3.63, 3.8) is 0 Å². The molecule has 4 atom stereocenters. The molecule has 0 amide bonds. The van der Waals surface area contributed by atoms with E-state index in [1.165, 1.54) is 31.1 Å². The van der Waals surface area contributed by atoms with Gasteiger partial charge in [-0.15, -0.1) is 0 Å². The second-order valence-electron chi connectivity index (χ2n) is 6.46. The molecule has 100 valence electrons. The van der Waals surface area contributed by atoms with E-state index in [1.54, 1.807) is 0 Å². The summed E-state index contributed by atoms with van der Waals surface area (Å²) in [5.41, 5.74) is 7.34. The summed E-state index contributed by atoms with van der Waals surface area (Å²) in [7, 11) is 0. The van der Waals surface area contributed by atoms with Crippen LogP contribution < -0.4 is 5.73 Å². The van der Waals surface area contributed by atoms with Gasteiger partial charge in [0.05, 0.1) is 6.04 Å². The highest BCUT2D eigenvalue weighted by Gasteiger charge is 2.40. The maximum atomic E-state index is 6.38. The van der Waals surface area contributed by atoms with E-state index in [4.69, 9.17) is 10.2 Å². The highest BCUT2D eigenvalue weighted by molar-refractivity contribution is 5.77. The van der Waals surface area contributed by atoms with E-state index < -0.39 is 0 Å². The van der Waals surface area contributed by atoms with Crippen LogP contribution in [-0.2, 0) is 0 Å². The van der Waals surface area contributed by atoms with Crippen molar-refractivity contribution in [2.24, 2.45) is 23.5 Å². The number of benzene rings is 1. The Kier molecular flexibility index (Phi) is 2.66. The molecule has 1 aromatic carbocycles. The molecule has 0 radical (unpaired) electrons. The number of furan rings is 1. The first-order valence-corrected chi connectivity index (χ1v) is 7.53. The summed E-state index contributed by atoms with van der Waals surface area (Å²) < 4.78 is 5.90. The molecule has 19 heavy (non-hydrogen) atoms. The van der Waals surface area contributed by atoms with E-state index in [1.807, 2.05) is 18.2 Å². The number of hydrogen-bond acceptors (Lipinski definition) is 2. The third-order valence-corrected chi connectivity index (χ3v) is 5.25. The summed E-state index contributed by atoms with van der Waals surface area (Å²) in [6.07, 6.45) is 6.85. The third kappa shape index (κ3) is 1.99. The average molecular weight is 255 g/mol. The minimum atomic E-state index is 0.0664. The van der Waals surface area contributed by atoms with Crippen LogP contribution in [0.25, 0.3) is 11.0 Å². The SMILES string of the molecule is NC(CC1CC2CCC1C2)c1cc2ccccc2o1. The Labute approximate surface area is 114 Å². The highest BCUT2D eigenvalue weighted by atomic mass is 16.3. The minimum Gasteiger partial charge on any atom is -0.459 e.